The van der Waals surface area contributed by atoms with Gasteiger partial charge >= 0.3 is 0 Å². The number of benzene rings is 11. The van der Waals surface area contributed by atoms with Crippen LogP contribution >= 0.6 is 0 Å². The molecule has 0 amide bonds. The highest BCUT2D eigenvalue weighted by Crippen LogP contribution is 2.58. The summed E-state index contributed by atoms with van der Waals surface area (Å²) in [6.07, 6.45) is 0. The smallest absolute Gasteiger partial charge is 0.143 e. The summed E-state index contributed by atoms with van der Waals surface area (Å²) in [7, 11) is 0. The van der Waals surface area contributed by atoms with E-state index in [1.54, 1.807) is 0 Å². The van der Waals surface area contributed by atoms with Gasteiger partial charge in [0.2, 0.25) is 0 Å². The van der Waals surface area contributed by atoms with Crippen LogP contribution in [0.4, 0.5) is 0 Å². The highest BCUT2D eigenvalue weighted by molar-refractivity contribution is 6.27. The second kappa shape index (κ2) is 11.4. The summed E-state index contributed by atoms with van der Waals surface area (Å²) in [5.74, 6) is 0. The Hall–Kier alpha value is -7.22. The molecule has 1 heterocycles. The van der Waals surface area contributed by atoms with Gasteiger partial charge in [-0.25, -0.2) is 0 Å². The molecule has 1 aromatic heterocycles. The molecular formula is C57H36O. The lowest BCUT2D eigenvalue weighted by Crippen LogP contribution is -2.16. The second-order valence-corrected chi connectivity index (χ2v) is 16.7. The molecular weight excluding hydrogens is 701 g/mol. The number of hydrogen-bond donors (Lipinski definition) is 0. The van der Waals surface area contributed by atoms with Crippen LogP contribution in [0.3, 0.4) is 0 Å². The van der Waals surface area contributed by atoms with Crippen LogP contribution in [0, 0.1) is 0 Å². The van der Waals surface area contributed by atoms with Crippen molar-refractivity contribution in [1.29, 1.82) is 0 Å². The van der Waals surface area contributed by atoms with Gasteiger partial charge < -0.3 is 4.42 Å². The van der Waals surface area contributed by atoms with Crippen LogP contribution in [0.15, 0.2) is 186 Å². The monoisotopic (exact) mass is 736 g/mol. The Bertz CT molecular complexity index is 3710. The topological polar surface area (TPSA) is 13.1 Å². The third-order valence-corrected chi connectivity index (χ3v) is 13.3. The van der Waals surface area contributed by atoms with E-state index in [2.05, 4.69) is 196 Å². The molecule has 0 bridgehead atoms. The Morgan fingerprint density at radius 1 is 0.328 bits per heavy atom. The molecule has 0 aliphatic heterocycles. The van der Waals surface area contributed by atoms with Crippen molar-refractivity contribution in [3.63, 3.8) is 0 Å². The molecule has 0 saturated heterocycles. The Labute approximate surface area is 335 Å². The fourth-order valence-electron chi connectivity index (χ4n) is 11.0. The van der Waals surface area contributed by atoms with Crippen molar-refractivity contribution in [2.24, 2.45) is 0 Å². The van der Waals surface area contributed by atoms with Gasteiger partial charge in [0.05, 0.1) is 0 Å². The minimum atomic E-state index is -0.206. The largest absolute Gasteiger partial charge is 0.455 e. The van der Waals surface area contributed by atoms with Crippen molar-refractivity contribution in [2.75, 3.05) is 0 Å². The van der Waals surface area contributed by atoms with Crippen molar-refractivity contribution in [3.8, 4) is 33.4 Å². The standard InChI is InChI=1S/C57H36O/c1-57(2)54-44-25-13-7-19-38(44)48(32-49(54)53-39-20-8-5-17-36(39)37-18-6-14-26-45(37)55(53)57)52-42-23-11-9-21-40(42)51(41-22-10-12-24-43(41)52)34-28-30-50-47(31-34)46-29-27-33-15-3-4-16-35(33)56(46)58-50/h3-32H,1-2H3. The summed E-state index contributed by atoms with van der Waals surface area (Å²) in [5, 5.41) is 17.5. The second-order valence-electron chi connectivity index (χ2n) is 16.7. The molecule has 270 valence electrons. The van der Waals surface area contributed by atoms with Crippen LogP contribution < -0.4 is 0 Å². The van der Waals surface area contributed by atoms with E-state index in [-0.39, 0.29) is 5.41 Å². The van der Waals surface area contributed by atoms with E-state index in [0.29, 0.717) is 0 Å². The summed E-state index contributed by atoms with van der Waals surface area (Å²) in [6.45, 7) is 4.88. The Kier molecular flexibility index (Phi) is 6.29. The third kappa shape index (κ3) is 4.10. The van der Waals surface area contributed by atoms with Gasteiger partial charge in [0, 0.05) is 21.6 Å². The van der Waals surface area contributed by atoms with Gasteiger partial charge in [0.1, 0.15) is 11.2 Å². The first-order chi connectivity index (χ1) is 28.6. The first-order valence-corrected chi connectivity index (χ1v) is 20.3. The van der Waals surface area contributed by atoms with Gasteiger partial charge in [0.25, 0.3) is 0 Å². The molecule has 0 spiro atoms. The van der Waals surface area contributed by atoms with E-state index in [0.717, 1.165) is 27.3 Å². The van der Waals surface area contributed by atoms with E-state index < -0.39 is 0 Å². The lowest BCUT2D eigenvalue weighted by molar-refractivity contribution is 0.672. The minimum absolute atomic E-state index is 0.206. The quantitative estimate of drug-likeness (QED) is 0.127. The van der Waals surface area contributed by atoms with Crippen molar-refractivity contribution in [1.82, 2.24) is 0 Å². The maximum Gasteiger partial charge on any atom is 0.143 e. The molecule has 0 N–H and O–H groups in total. The lowest BCUT2D eigenvalue weighted by Gasteiger charge is -2.26. The molecule has 0 unspecified atom stereocenters. The predicted molar refractivity (Wildman–Crippen MR) is 247 cm³/mol. The van der Waals surface area contributed by atoms with Gasteiger partial charge in [-0.05, 0) is 128 Å². The van der Waals surface area contributed by atoms with Gasteiger partial charge in [-0.2, -0.15) is 0 Å². The molecule has 1 heteroatoms. The number of furan rings is 1. The minimum Gasteiger partial charge on any atom is -0.455 e. The highest BCUT2D eigenvalue weighted by Gasteiger charge is 2.40. The van der Waals surface area contributed by atoms with Crippen LogP contribution in [0.1, 0.15) is 25.0 Å². The predicted octanol–water partition coefficient (Wildman–Crippen LogP) is 16.1. The SMILES string of the molecule is CC1(C)c2c(cc(-c3c4ccccc4c(-c4ccc5oc6c7ccccc7ccc6c5c4)c4ccccc34)c3ccccc23)-c2c1c1ccccc1c1ccccc21. The molecule has 58 heavy (non-hydrogen) atoms. The molecule has 0 radical (unpaired) electrons. The number of fused-ring (bicyclic) bond motifs is 17. The summed E-state index contributed by atoms with van der Waals surface area (Å²) >= 11 is 0. The zero-order chi connectivity index (χ0) is 38.3. The van der Waals surface area contributed by atoms with E-state index in [1.165, 1.54) is 104 Å². The number of rotatable bonds is 2. The van der Waals surface area contributed by atoms with Crippen LogP contribution in [0.25, 0.3) is 120 Å². The molecule has 0 saturated carbocycles. The lowest BCUT2D eigenvalue weighted by atomic mass is 9.77. The molecule has 0 fully saturated rings. The average Bonchev–Trinajstić information content (AvgIpc) is 3.77. The zero-order valence-electron chi connectivity index (χ0n) is 32.2. The fraction of sp³-hybridized carbons (Fsp3) is 0.0526. The molecule has 13 rings (SSSR count). The molecule has 12 aromatic rings. The van der Waals surface area contributed by atoms with Crippen LogP contribution in [0.2, 0.25) is 0 Å². The third-order valence-electron chi connectivity index (χ3n) is 13.3. The fourth-order valence-corrected chi connectivity index (χ4v) is 11.0. The van der Waals surface area contributed by atoms with E-state index in [4.69, 9.17) is 4.42 Å². The zero-order valence-corrected chi connectivity index (χ0v) is 32.2. The van der Waals surface area contributed by atoms with Crippen LogP contribution in [0.5, 0.6) is 0 Å². The van der Waals surface area contributed by atoms with E-state index in [1.807, 2.05) is 0 Å². The maximum absolute atomic E-state index is 6.58. The maximum atomic E-state index is 6.58. The molecule has 1 aliphatic rings. The van der Waals surface area contributed by atoms with Crippen molar-refractivity contribution < 1.29 is 4.42 Å². The summed E-state index contributed by atoms with van der Waals surface area (Å²) < 4.78 is 6.58. The summed E-state index contributed by atoms with van der Waals surface area (Å²) in [4.78, 5) is 0. The van der Waals surface area contributed by atoms with Crippen molar-refractivity contribution in [2.45, 2.75) is 19.3 Å². The van der Waals surface area contributed by atoms with Gasteiger partial charge in [-0.15, -0.1) is 0 Å². The van der Waals surface area contributed by atoms with Crippen LogP contribution in [-0.4, -0.2) is 0 Å². The Balaban J connectivity index is 1.14. The first-order valence-electron chi connectivity index (χ1n) is 20.3. The Morgan fingerprint density at radius 3 is 1.48 bits per heavy atom. The Morgan fingerprint density at radius 2 is 0.828 bits per heavy atom. The molecule has 11 aromatic carbocycles. The van der Waals surface area contributed by atoms with Gasteiger partial charge in [0.15, 0.2) is 0 Å². The highest BCUT2D eigenvalue weighted by atomic mass is 16.3. The van der Waals surface area contributed by atoms with Gasteiger partial charge in [-0.1, -0.05) is 172 Å². The molecule has 1 nitrogen and oxygen atoms in total. The van der Waals surface area contributed by atoms with E-state index in [9.17, 15) is 0 Å². The van der Waals surface area contributed by atoms with Crippen molar-refractivity contribution >= 4 is 86.6 Å². The van der Waals surface area contributed by atoms with Crippen molar-refractivity contribution in [3.05, 3.63) is 193 Å². The normalized spacial score (nSPS) is 13.5. The van der Waals surface area contributed by atoms with E-state index >= 15 is 0 Å². The van der Waals surface area contributed by atoms with Gasteiger partial charge in [-0.3, -0.25) is 0 Å². The molecule has 1 aliphatic carbocycles. The average molecular weight is 737 g/mol. The number of hydrogen-bond acceptors (Lipinski definition) is 1. The first kappa shape index (κ1) is 31.9. The molecule has 0 atom stereocenters. The summed E-state index contributed by atoms with van der Waals surface area (Å²) in [6, 6.07) is 67.5. The summed E-state index contributed by atoms with van der Waals surface area (Å²) in [5.41, 5.74) is 12.2. The van der Waals surface area contributed by atoms with Crippen LogP contribution in [-0.2, 0) is 5.41 Å².